The average Bonchev–Trinajstić information content (AvgIpc) is 2.21. The van der Waals surface area contributed by atoms with E-state index < -0.39 is 9.84 Å². The molecule has 3 nitrogen and oxygen atoms in total. The maximum Gasteiger partial charge on any atom is 0.178 e. The van der Waals surface area contributed by atoms with E-state index in [0.29, 0.717) is 16.1 Å². The standard InChI is InChI=1S/C12H19NO2S/c1-4-9(2)8-16(14,15)12-7-5-6-11(13)10(12)3/h5-7,9H,4,8,13H2,1-3H3. The molecule has 1 atom stereocenters. The van der Waals surface area contributed by atoms with E-state index in [-0.39, 0.29) is 11.7 Å². The number of anilines is 1. The SMILES string of the molecule is CCC(C)CS(=O)(=O)c1cccc(N)c1C. The average molecular weight is 241 g/mol. The van der Waals surface area contributed by atoms with Crippen molar-refractivity contribution >= 4 is 15.5 Å². The Bertz CT molecular complexity index is 466. The van der Waals surface area contributed by atoms with E-state index >= 15 is 0 Å². The van der Waals surface area contributed by atoms with Gasteiger partial charge < -0.3 is 5.73 Å². The predicted octanol–water partition coefficient (Wildman–Crippen LogP) is 2.40. The minimum absolute atomic E-state index is 0.172. The first-order valence-corrected chi connectivity index (χ1v) is 7.11. The van der Waals surface area contributed by atoms with E-state index in [1.165, 1.54) is 0 Å². The number of nitrogen functional groups attached to an aromatic ring is 1. The number of nitrogens with two attached hydrogens (primary N) is 1. The molecule has 0 heterocycles. The molecule has 2 N–H and O–H groups in total. The Labute approximate surface area is 97.6 Å². The highest BCUT2D eigenvalue weighted by Crippen LogP contribution is 2.23. The van der Waals surface area contributed by atoms with Gasteiger partial charge in [-0.15, -0.1) is 0 Å². The van der Waals surface area contributed by atoms with Gasteiger partial charge in [0.2, 0.25) is 0 Å². The topological polar surface area (TPSA) is 60.2 Å². The van der Waals surface area contributed by atoms with Crippen LogP contribution in [0.2, 0.25) is 0 Å². The van der Waals surface area contributed by atoms with Gasteiger partial charge in [0.05, 0.1) is 10.6 Å². The van der Waals surface area contributed by atoms with Crippen LogP contribution in [-0.4, -0.2) is 14.2 Å². The second-order valence-corrected chi connectivity index (χ2v) is 6.27. The third kappa shape index (κ3) is 2.76. The van der Waals surface area contributed by atoms with Gasteiger partial charge in [-0.25, -0.2) is 8.42 Å². The first-order valence-electron chi connectivity index (χ1n) is 5.46. The molecule has 0 radical (unpaired) electrons. The molecule has 16 heavy (non-hydrogen) atoms. The van der Waals surface area contributed by atoms with Crippen LogP contribution in [0.15, 0.2) is 23.1 Å². The van der Waals surface area contributed by atoms with Gasteiger partial charge in [-0.05, 0) is 30.5 Å². The molecule has 1 rings (SSSR count). The zero-order chi connectivity index (χ0) is 12.3. The molecule has 1 aromatic rings. The van der Waals surface area contributed by atoms with Gasteiger partial charge in [0, 0.05) is 5.69 Å². The third-order valence-electron chi connectivity index (χ3n) is 2.86. The fourth-order valence-corrected chi connectivity index (χ4v) is 3.59. The number of hydrogen-bond acceptors (Lipinski definition) is 3. The highest BCUT2D eigenvalue weighted by molar-refractivity contribution is 7.91. The van der Waals surface area contributed by atoms with Crippen molar-refractivity contribution in [2.45, 2.75) is 32.1 Å². The molecule has 0 spiro atoms. The van der Waals surface area contributed by atoms with Crippen LogP contribution in [0.4, 0.5) is 5.69 Å². The van der Waals surface area contributed by atoms with Crippen LogP contribution in [0.25, 0.3) is 0 Å². The minimum atomic E-state index is -3.20. The summed E-state index contributed by atoms with van der Waals surface area (Å²) < 4.78 is 24.2. The molecule has 0 amide bonds. The largest absolute Gasteiger partial charge is 0.398 e. The molecule has 1 aromatic carbocycles. The van der Waals surface area contributed by atoms with Gasteiger partial charge >= 0.3 is 0 Å². The van der Waals surface area contributed by atoms with E-state index in [1.807, 2.05) is 13.8 Å². The Kier molecular flexibility index (Phi) is 3.97. The van der Waals surface area contributed by atoms with Gasteiger partial charge in [0.1, 0.15) is 0 Å². The Balaban J connectivity index is 3.13. The summed E-state index contributed by atoms with van der Waals surface area (Å²) in [7, 11) is -3.20. The molecule has 4 heteroatoms. The van der Waals surface area contributed by atoms with E-state index in [2.05, 4.69) is 0 Å². The van der Waals surface area contributed by atoms with Crippen molar-refractivity contribution in [2.24, 2.45) is 5.92 Å². The van der Waals surface area contributed by atoms with Crippen LogP contribution >= 0.6 is 0 Å². The normalized spacial score (nSPS) is 13.7. The fraction of sp³-hybridized carbons (Fsp3) is 0.500. The second-order valence-electron chi connectivity index (χ2n) is 4.27. The zero-order valence-electron chi connectivity index (χ0n) is 10.0. The van der Waals surface area contributed by atoms with Crippen LogP contribution in [0.5, 0.6) is 0 Å². The maximum atomic E-state index is 12.1. The minimum Gasteiger partial charge on any atom is -0.398 e. The summed E-state index contributed by atoms with van der Waals surface area (Å²) in [6.07, 6.45) is 0.862. The molecular formula is C12H19NO2S. The van der Waals surface area contributed by atoms with Crippen LogP contribution in [0.1, 0.15) is 25.8 Å². The Hall–Kier alpha value is -1.03. The first-order chi connectivity index (χ1) is 7.38. The van der Waals surface area contributed by atoms with Crippen LogP contribution in [0.3, 0.4) is 0 Å². The molecule has 0 aliphatic rings. The lowest BCUT2D eigenvalue weighted by Crippen LogP contribution is -2.15. The molecule has 0 aromatic heterocycles. The van der Waals surface area contributed by atoms with E-state index in [9.17, 15) is 8.42 Å². The Morgan fingerprint density at radius 2 is 2.00 bits per heavy atom. The summed E-state index contributed by atoms with van der Waals surface area (Å²) >= 11 is 0. The summed E-state index contributed by atoms with van der Waals surface area (Å²) in [4.78, 5) is 0.368. The fourth-order valence-electron chi connectivity index (χ4n) is 1.55. The van der Waals surface area contributed by atoms with E-state index in [4.69, 9.17) is 5.73 Å². The molecular weight excluding hydrogens is 222 g/mol. The van der Waals surface area contributed by atoms with Crippen molar-refractivity contribution in [2.75, 3.05) is 11.5 Å². The van der Waals surface area contributed by atoms with Gasteiger partial charge in [-0.1, -0.05) is 26.3 Å². The van der Waals surface area contributed by atoms with Crippen LogP contribution in [0, 0.1) is 12.8 Å². The summed E-state index contributed by atoms with van der Waals surface area (Å²) in [6.45, 7) is 5.68. The van der Waals surface area contributed by atoms with Crippen molar-refractivity contribution in [3.05, 3.63) is 23.8 Å². The van der Waals surface area contributed by atoms with Crippen molar-refractivity contribution in [1.82, 2.24) is 0 Å². The zero-order valence-corrected chi connectivity index (χ0v) is 10.8. The van der Waals surface area contributed by atoms with Crippen LogP contribution in [-0.2, 0) is 9.84 Å². The Morgan fingerprint density at radius 1 is 1.38 bits per heavy atom. The van der Waals surface area contributed by atoms with E-state index in [1.54, 1.807) is 25.1 Å². The number of rotatable bonds is 4. The van der Waals surface area contributed by atoms with Crippen molar-refractivity contribution in [1.29, 1.82) is 0 Å². The molecule has 0 saturated carbocycles. The molecule has 0 bridgehead atoms. The monoisotopic (exact) mass is 241 g/mol. The predicted molar refractivity (Wildman–Crippen MR) is 67.1 cm³/mol. The summed E-state index contributed by atoms with van der Waals surface area (Å²) in [5.41, 5.74) is 6.91. The smallest absolute Gasteiger partial charge is 0.178 e. The quantitative estimate of drug-likeness (QED) is 0.823. The van der Waals surface area contributed by atoms with Crippen molar-refractivity contribution < 1.29 is 8.42 Å². The van der Waals surface area contributed by atoms with Gasteiger partial charge in [-0.2, -0.15) is 0 Å². The van der Waals surface area contributed by atoms with Gasteiger partial charge in [-0.3, -0.25) is 0 Å². The van der Waals surface area contributed by atoms with Gasteiger partial charge in [0.25, 0.3) is 0 Å². The molecule has 0 aliphatic carbocycles. The lowest BCUT2D eigenvalue weighted by Gasteiger charge is -2.12. The van der Waals surface area contributed by atoms with Crippen molar-refractivity contribution in [3.63, 3.8) is 0 Å². The second kappa shape index (κ2) is 4.87. The molecule has 90 valence electrons. The van der Waals surface area contributed by atoms with Gasteiger partial charge in [0.15, 0.2) is 9.84 Å². The highest BCUT2D eigenvalue weighted by atomic mass is 32.2. The first kappa shape index (κ1) is 13.0. The summed E-state index contributed by atoms with van der Waals surface area (Å²) in [5, 5.41) is 0. The van der Waals surface area contributed by atoms with E-state index in [0.717, 1.165) is 6.42 Å². The molecule has 0 fully saturated rings. The van der Waals surface area contributed by atoms with Crippen LogP contribution < -0.4 is 5.73 Å². The lowest BCUT2D eigenvalue weighted by atomic mass is 10.2. The number of sulfone groups is 1. The number of hydrogen-bond donors (Lipinski definition) is 1. The summed E-state index contributed by atoms with van der Waals surface area (Å²) in [5.74, 6) is 0.360. The molecule has 0 aliphatic heterocycles. The molecule has 1 unspecified atom stereocenters. The third-order valence-corrected chi connectivity index (χ3v) is 4.98. The highest BCUT2D eigenvalue weighted by Gasteiger charge is 2.20. The van der Waals surface area contributed by atoms with Crippen molar-refractivity contribution in [3.8, 4) is 0 Å². The summed E-state index contributed by atoms with van der Waals surface area (Å²) in [6, 6.07) is 5.03. The lowest BCUT2D eigenvalue weighted by molar-refractivity contribution is 0.564. The molecule has 0 saturated heterocycles. The Morgan fingerprint density at radius 3 is 2.56 bits per heavy atom. The maximum absolute atomic E-state index is 12.1. The number of benzene rings is 1.